The molecule has 4 aliphatic carbocycles. The van der Waals surface area contributed by atoms with Crippen LogP contribution in [0.2, 0.25) is 0 Å². The molecule has 1 aliphatic heterocycles. The maximum absolute atomic E-state index is 13.3. The summed E-state index contributed by atoms with van der Waals surface area (Å²) < 4.78 is 1.85. The van der Waals surface area contributed by atoms with Crippen molar-refractivity contribution in [1.29, 1.82) is 0 Å². The number of likely N-dealkylation sites (N-methyl/N-ethyl adjacent to an activating group) is 1. The molecule has 0 radical (unpaired) electrons. The van der Waals surface area contributed by atoms with Gasteiger partial charge in [0.15, 0.2) is 0 Å². The molecule has 7 heteroatoms. The first-order chi connectivity index (χ1) is 16.4. The maximum Gasteiger partial charge on any atom is 0.268 e. The van der Waals surface area contributed by atoms with E-state index in [4.69, 9.17) is 0 Å². The highest BCUT2D eigenvalue weighted by atomic mass is 16.2. The van der Waals surface area contributed by atoms with Gasteiger partial charge in [-0.2, -0.15) is 0 Å². The lowest BCUT2D eigenvalue weighted by Crippen LogP contribution is -2.51. The Morgan fingerprint density at radius 2 is 1.82 bits per heavy atom. The van der Waals surface area contributed by atoms with E-state index < -0.39 is 0 Å². The summed E-state index contributed by atoms with van der Waals surface area (Å²) in [6.07, 6.45) is 11.2. The number of nitrogens with zero attached hydrogens (tertiary/aromatic N) is 4. The minimum atomic E-state index is -0.0370. The normalized spacial score (nSPS) is 32.1. The molecule has 5 aliphatic rings. The van der Waals surface area contributed by atoms with Gasteiger partial charge in [-0.1, -0.05) is 6.07 Å². The van der Waals surface area contributed by atoms with Crippen LogP contribution in [0.1, 0.15) is 61.1 Å². The highest BCUT2D eigenvalue weighted by Gasteiger charge is 2.50. The fourth-order valence-electron chi connectivity index (χ4n) is 7.85. The second-order valence-corrected chi connectivity index (χ2v) is 11.9. The zero-order chi connectivity index (χ0) is 23.4. The Morgan fingerprint density at radius 3 is 2.47 bits per heavy atom. The molecule has 4 saturated carbocycles. The third-order valence-electron chi connectivity index (χ3n) is 9.14. The summed E-state index contributed by atoms with van der Waals surface area (Å²) in [5.74, 6) is 2.71. The van der Waals surface area contributed by atoms with Gasteiger partial charge in [0.25, 0.3) is 5.91 Å². The van der Waals surface area contributed by atoms with E-state index >= 15 is 0 Å². The molecular formula is C27H37N5O2. The van der Waals surface area contributed by atoms with Gasteiger partial charge in [-0.15, -0.1) is 0 Å². The molecule has 7 nitrogen and oxygen atoms in total. The highest BCUT2D eigenvalue weighted by Crippen LogP contribution is 2.59. The summed E-state index contributed by atoms with van der Waals surface area (Å²) in [5.41, 5.74) is 2.35. The number of aromatic nitrogens is 2. The SMILES string of the molecule is CN(C)[C@@H]1CCN(C(=O)Cc2cn3c(C(=O)NCC45CC6CC(CC(C6)C4)C5)cccc3n2)C1. The van der Waals surface area contributed by atoms with E-state index in [1.165, 1.54) is 38.5 Å². The number of hydrogen-bond donors (Lipinski definition) is 1. The van der Waals surface area contributed by atoms with E-state index in [0.29, 0.717) is 17.2 Å². The van der Waals surface area contributed by atoms with Crippen molar-refractivity contribution in [3.8, 4) is 0 Å². The summed E-state index contributed by atoms with van der Waals surface area (Å²) in [6.45, 7) is 2.36. The molecule has 1 atom stereocenters. The molecule has 5 fully saturated rings. The van der Waals surface area contributed by atoms with Crippen LogP contribution in [-0.2, 0) is 11.2 Å². The fraction of sp³-hybridized carbons (Fsp3) is 0.667. The maximum atomic E-state index is 13.3. The minimum Gasteiger partial charge on any atom is -0.350 e. The van der Waals surface area contributed by atoms with Crippen molar-refractivity contribution in [2.75, 3.05) is 33.7 Å². The van der Waals surface area contributed by atoms with Crippen LogP contribution >= 0.6 is 0 Å². The molecule has 0 spiro atoms. The van der Waals surface area contributed by atoms with Crippen LogP contribution in [0.3, 0.4) is 0 Å². The van der Waals surface area contributed by atoms with Crippen LogP contribution < -0.4 is 5.32 Å². The molecule has 2 amide bonds. The van der Waals surface area contributed by atoms with Gasteiger partial charge in [0, 0.05) is 31.9 Å². The first-order valence-corrected chi connectivity index (χ1v) is 13.1. The second kappa shape index (κ2) is 8.36. The third kappa shape index (κ3) is 4.02. The molecule has 3 heterocycles. The fourth-order valence-corrected chi connectivity index (χ4v) is 7.85. The van der Waals surface area contributed by atoms with Gasteiger partial charge < -0.3 is 15.1 Å². The standard InChI is InChI=1S/C27H37N5O2/c1-30(2)22-6-7-31(16-22)25(33)11-21-15-32-23(4-3-5-24(32)29-21)26(34)28-17-27-12-18-8-19(13-27)10-20(9-18)14-27/h3-5,15,18-20,22H,6-14,16-17H2,1-2H3,(H,28,34)/t18?,19?,20?,22-,27?/m1/s1. The minimum absolute atomic E-state index is 0.0370. The molecule has 0 unspecified atom stereocenters. The molecule has 2 aromatic heterocycles. The zero-order valence-corrected chi connectivity index (χ0v) is 20.5. The number of rotatable bonds is 6. The molecule has 1 N–H and O–H groups in total. The van der Waals surface area contributed by atoms with Gasteiger partial charge in [-0.25, -0.2) is 4.98 Å². The molecule has 2 aromatic rings. The molecule has 34 heavy (non-hydrogen) atoms. The van der Waals surface area contributed by atoms with Crippen molar-refractivity contribution in [2.45, 2.75) is 57.4 Å². The number of nitrogens with one attached hydrogen (secondary N) is 1. The predicted molar refractivity (Wildman–Crippen MR) is 131 cm³/mol. The Balaban J connectivity index is 1.13. The Kier molecular flexibility index (Phi) is 5.43. The molecule has 4 bridgehead atoms. The van der Waals surface area contributed by atoms with Crippen LogP contribution in [0.5, 0.6) is 0 Å². The van der Waals surface area contributed by atoms with Gasteiger partial charge >= 0.3 is 0 Å². The average molecular weight is 464 g/mol. The first kappa shape index (κ1) is 22.1. The third-order valence-corrected chi connectivity index (χ3v) is 9.14. The van der Waals surface area contributed by atoms with Crippen molar-refractivity contribution in [3.63, 3.8) is 0 Å². The van der Waals surface area contributed by atoms with E-state index in [1.54, 1.807) is 0 Å². The summed E-state index contributed by atoms with van der Waals surface area (Å²) in [7, 11) is 4.13. The Morgan fingerprint density at radius 1 is 1.12 bits per heavy atom. The lowest BCUT2D eigenvalue weighted by atomic mass is 9.49. The summed E-state index contributed by atoms with van der Waals surface area (Å²) in [5, 5.41) is 3.29. The van der Waals surface area contributed by atoms with E-state index in [9.17, 15) is 9.59 Å². The molecule has 182 valence electrons. The lowest BCUT2D eigenvalue weighted by molar-refractivity contribution is -0.129. The quantitative estimate of drug-likeness (QED) is 0.715. The van der Waals surface area contributed by atoms with Crippen molar-refractivity contribution in [2.24, 2.45) is 23.2 Å². The number of pyridine rings is 1. The Labute approximate surface area is 201 Å². The van der Waals surface area contributed by atoms with Crippen molar-refractivity contribution in [1.82, 2.24) is 24.5 Å². The van der Waals surface area contributed by atoms with Crippen LogP contribution in [0.4, 0.5) is 0 Å². The number of carbonyl (C=O) groups excluding carboxylic acids is 2. The average Bonchev–Trinajstić information content (AvgIpc) is 3.43. The second-order valence-electron chi connectivity index (χ2n) is 11.9. The van der Waals surface area contributed by atoms with Gasteiger partial charge in [0.2, 0.25) is 5.91 Å². The van der Waals surface area contributed by atoms with Gasteiger partial charge in [-0.05, 0) is 94.3 Å². The van der Waals surface area contributed by atoms with Crippen LogP contribution in [0.25, 0.3) is 5.65 Å². The number of amides is 2. The van der Waals surface area contributed by atoms with Crippen LogP contribution in [0.15, 0.2) is 24.4 Å². The molecule has 0 aromatic carbocycles. The number of hydrogen-bond acceptors (Lipinski definition) is 4. The van der Waals surface area contributed by atoms with Crippen LogP contribution in [-0.4, -0.2) is 70.8 Å². The van der Waals surface area contributed by atoms with Gasteiger partial charge in [-0.3, -0.25) is 14.0 Å². The van der Waals surface area contributed by atoms with E-state index in [1.807, 2.05) is 33.7 Å². The lowest BCUT2D eigenvalue weighted by Gasteiger charge is -2.56. The van der Waals surface area contributed by atoms with E-state index in [2.05, 4.69) is 29.3 Å². The Hall–Kier alpha value is -2.41. The number of imidazole rings is 1. The van der Waals surface area contributed by atoms with Crippen LogP contribution in [0, 0.1) is 23.2 Å². The highest BCUT2D eigenvalue weighted by molar-refractivity contribution is 5.93. The summed E-state index contributed by atoms with van der Waals surface area (Å²) in [4.78, 5) is 34.9. The van der Waals surface area contributed by atoms with Crippen molar-refractivity contribution < 1.29 is 9.59 Å². The van der Waals surface area contributed by atoms with Gasteiger partial charge in [0.1, 0.15) is 11.3 Å². The monoisotopic (exact) mass is 463 g/mol. The summed E-state index contributed by atoms with van der Waals surface area (Å²) >= 11 is 0. The molecular weight excluding hydrogens is 426 g/mol. The van der Waals surface area contributed by atoms with Gasteiger partial charge in [0.05, 0.1) is 12.1 Å². The van der Waals surface area contributed by atoms with Crippen molar-refractivity contribution in [3.05, 3.63) is 35.8 Å². The van der Waals surface area contributed by atoms with E-state index in [-0.39, 0.29) is 18.2 Å². The predicted octanol–water partition coefficient (Wildman–Crippen LogP) is 2.99. The number of likely N-dealkylation sites (tertiary alicyclic amines) is 1. The first-order valence-electron chi connectivity index (χ1n) is 13.1. The largest absolute Gasteiger partial charge is 0.350 e. The van der Waals surface area contributed by atoms with Crippen molar-refractivity contribution >= 4 is 17.5 Å². The zero-order valence-electron chi connectivity index (χ0n) is 20.5. The van der Waals surface area contributed by atoms with E-state index in [0.717, 1.165) is 55.1 Å². The Bertz CT molecular complexity index is 1070. The molecule has 7 rings (SSSR count). The number of carbonyl (C=O) groups is 2. The number of fused-ring (bicyclic) bond motifs is 1. The topological polar surface area (TPSA) is 70.0 Å². The molecule has 1 saturated heterocycles. The smallest absolute Gasteiger partial charge is 0.268 e. The summed E-state index contributed by atoms with van der Waals surface area (Å²) in [6, 6.07) is 6.07.